The summed E-state index contributed by atoms with van der Waals surface area (Å²) in [6.07, 6.45) is 7.11. The van der Waals surface area contributed by atoms with Crippen LogP contribution in [0.15, 0.2) is 43.0 Å². The first-order chi connectivity index (χ1) is 14.2. The first-order valence-corrected chi connectivity index (χ1v) is 10.2. The van der Waals surface area contributed by atoms with E-state index < -0.39 is 5.60 Å². The minimum absolute atomic E-state index is 0.127. The molecule has 3 aromatic heterocycles. The van der Waals surface area contributed by atoms with E-state index in [1.54, 1.807) is 15.6 Å². The van der Waals surface area contributed by atoms with Crippen molar-refractivity contribution in [1.29, 1.82) is 0 Å². The first kappa shape index (κ1) is 20.1. The molecular weight excluding hydrogens is 380 g/mol. The van der Waals surface area contributed by atoms with Gasteiger partial charge in [0.15, 0.2) is 5.65 Å². The summed E-state index contributed by atoms with van der Waals surface area (Å²) in [5.41, 5.74) is 2.26. The molecule has 8 nitrogen and oxygen atoms in total. The van der Waals surface area contributed by atoms with Gasteiger partial charge in [0.25, 0.3) is 0 Å². The quantitative estimate of drug-likeness (QED) is 0.645. The van der Waals surface area contributed by atoms with Crippen molar-refractivity contribution < 1.29 is 9.53 Å². The van der Waals surface area contributed by atoms with Gasteiger partial charge in [-0.05, 0) is 46.8 Å². The number of carbonyl (C=O) groups is 1. The third kappa shape index (κ3) is 4.08. The molecule has 4 heterocycles. The van der Waals surface area contributed by atoms with Crippen molar-refractivity contribution in [2.75, 3.05) is 18.0 Å². The summed E-state index contributed by atoms with van der Waals surface area (Å²) >= 11 is 0. The number of piperazine rings is 1. The fourth-order valence-electron chi connectivity index (χ4n) is 3.92. The molecule has 0 spiro atoms. The molecule has 158 valence electrons. The lowest BCUT2D eigenvalue weighted by Crippen LogP contribution is -2.59. The van der Waals surface area contributed by atoms with Gasteiger partial charge in [-0.3, -0.25) is 0 Å². The Bertz CT molecular complexity index is 1030. The van der Waals surface area contributed by atoms with Gasteiger partial charge in [0.2, 0.25) is 0 Å². The molecule has 1 fully saturated rings. The zero-order valence-corrected chi connectivity index (χ0v) is 18.1. The Morgan fingerprint density at radius 3 is 2.37 bits per heavy atom. The standard InChI is InChI=1S/C22H28N6O2/c1-15-12-26(21(29)30-22(3,4)5)13-16(2)28(15)20-7-6-17(10-24-20)18-11-23-19-8-9-25-27(19)14-18/h6-11,14-16H,12-13H2,1-5H3/t15-,16+. The highest BCUT2D eigenvalue weighted by Gasteiger charge is 2.34. The van der Waals surface area contributed by atoms with Crippen LogP contribution < -0.4 is 4.90 Å². The molecular formula is C22H28N6O2. The molecule has 1 aliphatic heterocycles. The molecule has 2 atom stereocenters. The molecule has 1 aliphatic rings. The molecule has 0 radical (unpaired) electrons. The Balaban J connectivity index is 1.49. The van der Waals surface area contributed by atoms with Crippen molar-refractivity contribution in [2.45, 2.75) is 52.3 Å². The number of hydrogen-bond acceptors (Lipinski definition) is 6. The van der Waals surface area contributed by atoms with E-state index in [0.717, 1.165) is 22.6 Å². The van der Waals surface area contributed by atoms with Crippen molar-refractivity contribution in [1.82, 2.24) is 24.5 Å². The third-order valence-corrected chi connectivity index (χ3v) is 5.16. The van der Waals surface area contributed by atoms with Crippen molar-refractivity contribution in [3.05, 3.63) is 43.0 Å². The van der Waals surface area contributed by atoms with Crippen molar-refractivity contribution in [3.63, 3.8) is 0 Å². The second-order valence-corrected chi connectivity index (χ2v) is 8.87. The van der Waals surface area contributed by atoms with Crippen molar-refractivity contribution in [3.8, 4) is 11.1 Å². The summed E-state index contributed by atoms with van der Waals surface area (Å²) in [4.78, 5) is 25.7. The van der Waals surface area contributed by atoms with E-state index in [0.29, 0.717) is 13.1 Å². The molecule has 0 saturated carbocycles. The molecule has 1 saturated heterocycles. The third-order valence-electron chi connectivity index (χ3n) is 5.16. The van der Waals surface area contributed by atoms with Crippen LogP contribution in [-0.4, -0.2) is 61.3 Å². The van der Waals surface area contributed by atoms with Crippen LogP contribution in [-0.2, 0) is 4.74 Å². The van der Waals surface area contributed by atoms with Gasteiger partial charge < -0.3 is 14.5 Å². The van der Waals surface area contributed by atoms with Gasteiger partial charge in [0.05, 0.1) is 6.20 Å². The summed E-state index contributed by atoms with van der Waals surface area (Å²) in [7, 11) is 0. The van der Waals surface area contributed by atoms with Gasteiger partial charge >= 0.3 is 6.09 Å². The van der Waals surface area contributed by atoms with Gasteiger partial charge in [0, 0.05) is 61.0 Å². The molecule has 0 bridgehead atoms. The monoisotopic (exact) mass is 408 g/mol. The zero-order chi connectivity index (χ0) is 21.5. The number of nitrogens with zero attached hydrogens (tertiary/aromatic N) is 6. The number of anilines is 1. The Morgan fingerprint density at radius 1 is 1.03 bits per heavy atom. The molecule has 1 amide bonds. The van der Waals surface area contributed by atoms with Gasteiger partial charge in [0.1, 0.15) is 11.4 Å². The largest absolute Gasteiger partial charge is 0.444 e. The van der Waals surface area contributed by atoms with Crippen LogP contribution in [0, 0.1) is 0 Å². The lowest BCUT2D eigenvalue weighted by Gasteiger charge is -2.45. The van der Waals surface area contributed by atoms with Gasteiger partial charge in [-0.2, -0.15) is 5.10 Å². The number of fused-ring (bicyclic) bond motifs is 1. The zero-order valence-electron chi connectivity index (χ0n) is 18.1. The summed E-state index contributed by atoms with van der Waals surface area (Å²) < 4.78 is 7.30. The predicted octanol–water partition coefficient (Wildman–Crippen LogP) is 3.63. The van der Waals surface area contributed by atoms with Gasteiger partial charge in [-0.15, -0.1) is 0 Å². The topological polar surface area (TPSA) is 75.9 Å². The SMILES string of the molecule is C[C@@H]1CN(C(=O)OC(C)(C)C)C[C@H](C)N1c1ccc(-c2cnc3ccnn3c2)cn1. The number of amides is 1. The fraction of sp³-hybridized carbons (Fsp3) is 0.455. The second kappa shape index (κ2) is 7.59. The van der Waals surface area contributed by atoms with E-state index in [1.165, 1.54) is 0 Å². The maximum absolute atomic E-state index is 12.5. The van der Waals surface area contributed by atoms with Gasteiger partial charge in [-0.25, -0.2) is 19.3 Å². The average Bonchev–Trinajstić information content (AvgIpc) is 3.14. The van der Waals surface area contributed by atoms with Crippen LogP contribution in [0.5, 0.6) is 0 Å². The Kier molecular flexibility index (Phi) is 5.09. The lowest BCUT2D eigenvalue weighted by atomic mass is 10.1. The molecule has 0 unspecified atom stereocenters. The fourth-order valence-corrected chi connectivity index (χ4v) is 3.92. The van der Waals surface area contributed by atoms with Crippen LogP contribution in [0.2, 0.25) is 0 Å². The Hall–Kier alpha value is -3.16. The molecule has 8 heteroatoms. The minimum atomic E-state index is -0.494. The number of ether oxygens (including phenoxy) is 1. The minimum Gasteiger partial charge on any atom is -0.444 e. The lowest BCUT2D eigenvalue weighted by molar-refractivity contribution is 0.0192. The average molecular weight is 409 g/mol. The summed E-state index contributed by atoms with van der Waals surface area (Å²) in [6.45, 7) is 11.1. The summed E-state index contributed by atoms with van der Waals surface area (Å²) in [5.74, 6) is 0.899. The predicted molar refractivity (Wildman–Crippen MR) is 115 cm³/mol. The van der Waals surface area contributed by atoms with E-state index in [2.05, 4.69) is 28.8 Å². The summed E-state index contributed by atoms with van der Waals surface area (Å²) in [6, 6.07) is 6.20. The Morgan fingerprint density at radius 2 is 1.73 bits per heavy atom. The van der Waals surface area contributed by atoms with E-state index in [1.807, 2.05) is 57.6 Å². The van der Waals surface area contributed by atoms with Crippen molar-refractivity contribution >= 4 is 17.6 Å². The number of aromatic nitrogens is 4. The molecule has 4 rings (SSSR count). The smallest absolute Gasteiger partial charge is 0.410 e. The number of pyridine rings is 1. The highest BCUT2D eigenvalue weighted by Crippen LogP contribution is 2.26. The van der Waals surface area contributed by atoms with Crippen LogP contribution in [0.25, 0.3) is 16.8 Å². The molecule has 0 aliphatic carbocycles. The number of hydrogen-bond donors (Lipinski definition) is 0. The first-order valence-electron chi connectivity index (χ1n) is 10.2. The van der Waals surface area contributed by atoms with Crippen molar-refractivity contribution in [2.24, 2.45) is 0 Å². The summed E-state index contributed by atoms with van der Waals surface area (Å²) in [5, 5.41) is 4.24. The second-order valence-electron chi connectivity index (χ2n) is 8.87. The Labute approximate surface area is 176 Å². The maximum Gasteiger partial charge on any atom is 0.410 e. The van der Waals surface area contributed by atoms with E-state index >= 15 is 0 Å². The highest BCUT2D eigenvalue weighted by molar-refractivity contribution is 5.69. The molecule has 0 N–H and O–H groups in total. The van der Waals surface area contributed by atoms with Gasteiger partial charge in [-0.1, -0.05) is 0 Å². The number of carbonyl (C=O) groups excluding carboxylic acids is 1. The molecule has 3 aromatic rings. The normalized spacial score (nSPS) is 19.9. The van der Waals surface area contributed by atoms with Crippen LogP contribution in [0.1, 0.15) is 34.6 Å². The van der Waals surface area contributed by atoms with Crippen LogP contribution >= 0.6 is 0 Å². The van der Waals surface area contributed by atoms with Crippen LogP contribution in [0.3, 0.4) is 0 Å². The number of rotatable bonds is 2. The maximum atomic E-state index is 12.5. The van der Waals surface area contributed by atoms with E-state index in [-0.39, 0.29) is 18.2 Å². The van der Waals surface area contributed by atoms with E-state index in [4.69, 9.17) is 9.72 Å². The van der Waals surface area contributed by atoms with E-state index in [9.17, 15) is 4.79 Å². The molecule has 0 aromatic carbocycles. The molecule has 30 heavy (non-hydrogen) atoms. The highest BCUT2D eigenvalue weighted by atomic mass is 16.6. The van der Waals surface area contributed by atoms with Crippen LogP contribution in [0.4, 0.5) is 10.6 Å².